The van der Waals surface area contributed by atoms with Crippen molar-refractivity contribution in [3.63, 3.8) is 0 Å². The molecule has 0 atom stereocenters. The van der Waals surface area contributed by atoms with E-state index < -0.39 is 17.5 Å². The number of rotatable bonds is 3. The van der Waals surface area contributed by atoms with Gasteiger partial charge in [-0.1, -0.05) is 12.1 Å². The van der Waals surface area contributed by atoms with E-state index in [0.717, 1.165) is 11.0 Å². The van der Waals surface area contributed by atoms with Crippen molar-refractivity contribution in [3.8, 4) is 5.75 Å². The van der Waals surface area contributed by atoms with Gasteiger partial charge in [-0.25, -0.2) is 8.78 Å². The molecule has 1 amide bonds. The molecular weight excluding hydrogens is 264 g/mol. The van der Waals surface area contributed by atoms with E-state index >= 15 is 0 Å². The van der Waals surface area contributed by atoms with Gasteiger partial charge in [-0.3, -0.25) is 4.79 Å². The van der Waals surface area contributed by atoms with Crippen LogP contribution in [0, 0.1) is 11.6 Å². The molecule has 20 heavy (non-hydrogen) atoms. The van der Waals surface area contributed by atoms with E-state index in [2.05, 4.69) is 0 Å². The first-order valence-electron chi connectivity index (χ1n) is 6.09. The molecule has 0 saturated heterocycles. The lowest BCUT2D eigenvalue weighted by Crippen LogP contribution is -2.32. The zero-order chi connectivity index (χ0) is 14.7. The third-order valence-corrected chi connectivity index (χ3v) is 2.89. The van der Waals surface area contributed by atoms with Crippen LogP contribution in [0.3, 0.4) is 0 Å². The molecule has 0 aliphatic rings. The second-order valence-electron chi connectivity index (χ2n) is 4.16. The Balaban J connectivity index is 2.42. The van der Waals surface area contributed by atoms with Crippen molar-refractivity contribution in [2.75, 3.05) is 11.4 Å². The first-order chi connectivity index (χ1) is 9.54. The fourth-order valence-corrected chi connectivity index (χ4v) is 1.92. The number of carbonyl (C=O) groups is 1. The average Bonchev–Trinajstić information content (AvgIpc) is 2.41. The van der Waals surface area contributed by atoms with Gasteiger partial charge in [0.25, 0.3) is 5.91 Å². The van der Waals surface area contributed by atoms with E-state index in [9.17, 15) is 13.6 Å². The van der Waals surface area contributed by atoms with Crippen LogP contribution in [-0.2, 0) is 0 Å². The number of aromatic hydroxyl groups is 1. The molecule has 0 aromatic heterocycles. The summed E-state index contributed by atoms with van der Waals surface area (Å²) in [6, 6.07) is 9.04. The highest BCUT2D eigenvalue weighted by atomic mass is 19.1. The van der Waals surface area contributed by atoms with Gasteiger partial charge in [0.05, 0.1) is 11.3 Å². The molecule has 2 aromatic rings. The summed E-state index contributed by atoms with van der Waals surface area (Å²) < 4.78 is 27.5. The van der Waals surface area contributed by atoms with Crippen LogP contribution in [0.15, 0.2) is 42.5 Å². The van der Waals surface area contributed by atoms with Crippen LogP contribution in [0.1, 0.15) is 17.3 Å². The lowest BCUT2D eigenvalue weighted by atomic mass is 10.1. The van der Waals surface area contributed by atoms with Gasteiger partial charge in [0.2, 0.25) is 0 Å². The van der Waals surface area contributed by atoms with Crippen molar-refractivity contribution in [2.45, 2.75) is 6.92 Å². The van der Waals surface area contributed by atoms with Gasteiger partial charge in [0.1, 0.15) is 17.4 Å². The van der Waals surface area contributed by atoms with E-state index in [1.54, 1.807) is 13.0 Å². The Morgan fingerprint density at radius 3 is 2.45 bits per heavy atom. The lowest BCUT2D eigenvalue weighted by Gasteiger charge is -2.21. The van der Waals surface area contributed by atoms with Crippen LogP contribution in [0.5, 0.6) is 5.75 Å². The molecule has 0 fully saturated rings. The molecule has 0 heterocycles. The van der Waals surface area contributed by atoms with Gasteiger partial charge in [-0.15, -0.1) is 0 Å². The van der Waals surface area contributed by atoms with Gasteiger partial charge in [-0.05, 0) is 31.2 Å². The Bertz CT molecular complexity index is 644. The number of anilines is 1. The Morgan fingerprint density at radius 2 is 1.85 bits per heavy atom. The Kier molecular flexibility index (Phi) is 3.98. The molecule has 104 valence electrons. The molecule has 2 rings (SSSR count). The number of carbonyl (C=O) groups excluding carboxylic acids is 1. The molecule has 0 saturated carbocycles. The number of phenolic OH excluding ortho intramolecular Hbond substituents is 1. The van der Waals surface area contributed by atoms with E-state index in [4.69, 9.17) is 5.11 Å². The topological polar surface area (TPSA) is 40.5 Å². The molecule has 5 heteroatoms. The highest BCUT2D eigenvalue weighted by molar-refractivity contribution is 6.06. The maximum absolute atomic E-state index is 13.7. The summed E-state index contributed by atoms with van der Waals surface area (Å²) in [6.07, 6.45) is 0. The molecule has 0 bridgehead atoms. The number of phenols is 1. The summed E-state index contributed by atoms with van der Waals surface area (Å²) in [5.41, 5.74) is -0.125. The Labute approximate surface area is 115 Å². The number of nitrogens with zero attached hydrogens (tertiary/aromatic N) is 1. The van der Waals surface area contributed by atoms with Crippen LogP contribution in [0.2, 0.25) is 0 Å². The molecule has 3 nitrogen and oxygen atoms in total. The normalized spacial score (nSPS) is 10.3. The van der Waals surface area contributed by atoms with Crippen molar-refractivity contribution in [2.24, 2.45) is 0 Å². The molecule has 0 unspecified atom stereocenters. The van der Waals surface area contributed by atoms with Crippen LogP contribution >= 0.6 is 0 Å². The fraction of sp³-hybridized carbons (Fsp3) is 0.133. The summed E-state index contributed by atoms with van der Waals surface area (Å²) in [5.74, 6) is -2.32. The van der Waals surface area contributed by atoms with Crippen molar-refractivity contribution < 1.29 is 18.7 Å². The number of amides is 1. The lowest BCUT2D eigenvalue weighted by molar-refractivity contribution is 0.0983. The third-order valence-electron chi connectivity index (χ3n) is 2.89. The summed E-state index contributed by atoms with van der Waals surface area (Å²) in [4.78, 5) is 13.4. The largest absolute Gasteiger partial charge is 0.508 e. The van der Waals surface area contributed by atoms with Crippen LogP contribution in [-0.4, -0.2) is 17.6 Å². The molecule has 1 N–H and O–H groups in total. The van der Waals surface area contributed by atoms with E-state index in [1.165, 1.54) is 30.3 Å². The fourth-order valence-electron chi connectivity index (χ4n) is 1.92. The van der Waals surface area contributed by atoms with E-state index in [0.29, 0.717) is 0 Å². The van der Waals surface area contributed by atoms with E-state index in [-0.39, 0.29) is 23.5 Å². The van der Waals surface area contributed by atoms with Crippen LogP contribution < -0.4 is 4.90 Å². The number of hydrogen-bond acceptors (Lipinski definition) is 2. The zero-order valence-corrected chi connectivity index (χ0v) is 10.8. The van der Waals surface area contributed by atoms with Crippen LogP contribution in [0.4, 0.5) is 14.5 Å². The average molecular weight is 277 g/mol. The molecular formula is C15H13F2NO2. The number of benzene rings is 2. The summed E-state index contributed by atoms with van der Waals surface area (Å²) in [6.45, 7) is 1.86. The first-order valence-corrected chi connectivity index (χ1v) is 6.09. The highest BCUT2D eigenvalue weighted by Gasteiger charge is 2.21. The second-order valence-corrected chi connectivity index (χ2v) is 4.16. The summed E-state index contributed by atoms with van der Waals surface area (Å²) >= 11 is 0. The summed E-state index contributed by atoms with van der Waals surface area (Å²) in [5, 5.41) is 9.15. The minimum Gasteiger partial charge on any atom is -0.508 e. The monoisotopic (exact) mass is 277 g/mol. The van der Waals surface area contributed by atoms with Crippen molar-refractivity contribution >= 4 is 11.6 Å². The van der Waals surface area contributed by atoms with Gasteiger partial charge < -0.3 is 10.0 Å². The molecule has 0 radical (unpaired) electrons. The number of halogens is 2. The van der Waals surface area contributed by atoms with Gasteiger partial charge in [0.15, 0.2) is 0 Å². The van der Waals surface area contributed by atoms with Gasteiger partial charge >= 0.3 is 0 Å². The van der Waals surface area contributed by atoms with Crippen molar-refractivity contribution in [3.05, 3.63) is 59.7 Å². The maximum Gasteiger partial charge on any atom is 0.261 e. The Morgan fingerprint density at radius 1 is 1.15 bits per heavy atom. The Hall–Kier alpha value is -2.43. The molecule has 0 aliphatic carbocycles. The van der Waals surface area contributed by atoms with Gasteiger partial charge in [-0.2, -0.15) is 0 Å². The van der Waals surface area contributed by atoms with Crippen molar-refractivity contribution in [1.82, 2.24) is 0 Å². The highest BCUT2D eigenvalue weighted by Crippen LogP contribution is 2.23. The van der Waals surface area contributed by atoms with E-state index in [1.807, 2.05) is 0 Å². The SMILES string of the molecule is CCN(C(=O)c1ccc(O)cc1F)c1ccccc1F. The first kappa shape index (κ1) is 14.0. The standard InChI is InChI=1S/C15H13F2NO2/c1-2-18(14-6-4-3-5-12(14)16)15(20)11-8-7-10(19)9-13(11)17/h3-9,19H,2H2,1H3. The molecule has 0 spiro atoms. The smallest absolute Gasteiger partial charge is 0.261 e. The number of para-hydroxylation sites is 1. The van der Waals surface area contributed by atoms with Crippen LogP contribution in [0.25, 0.3) is 0 Å². The molecule has 0 aliphatic heterocycles. The minimum absolute atomic E-state index is 0.0903. The maximum atomic E-state index is 13.7. The zero-order valence-electron chi connectivity index (χ0n) is 10.8. The predicted molar refractivity (Wildman–Crippen MR) is 71.8 cm³/mol. The quantitative estimate of drug-likeness (QED) is 0.934. The van der Waals surface area contributed by atoms with Crippen molar-refractivity contribution in [1.29, 1.82) is 0 Å². The minimum atomic E-state index is -0.843. The summed E-state index contributed by atoms with van der Waals surface area (Å²) in [7, 11) is 0. The predicted octanol–water partition coefficient (Wildman–Crippen LogP) is 3.34. The second kappa shape index (κ2) is 5.69. The molecule has 2 aromatic carbocycles. The number of hydrogen-bond donors (Lipinski definition) is 1. The van der Waals surface area contributed by atoms with Gasteiger partial charge in [0, 0.05) is 12.6 Å². The third kappa shape index (κ3) is 2.61.